The Labute approximate surface area is 112 Å². The van der Waals surface area contributed by atoms with E-state index in [1.165, 1.54) is 5.56 Å². The summed E-state index contributed by atoms with van der Waals surface area (Å²) in [4.78, 5) is 6.64. The van der Waals surface area contributed by atoms with E-state index in [2.05, 4.69) is 21.1 Å². The Kier molecular flexibility index (Phi) is 2.89. The minimum atomic E-state index is 0.261. The van der Waals surface area contributed by atoms with Crippen molar-refractivity contribution in [1.82, 2.24) is 10.1 Å². The molecule has 1 aliphatic rings. The summed E-state index contributed by atoms with van der Waals surface area (Å²) in [6.07, 6.45) is 1.02. The summed E-state index contributed by atoms with van der Waals surface area (Å²) >= 11 is 0. The summed E-state index contributed by atoms with van der Waals surface area (Å²) in [5, 5.41) is 4.03. The Hall–Kier alpha value is -2.04. The second kappa shape index (κ2) is 4.57. The number of para-hydroxylation sites is 1. The highest BCUT2D eigenvalue weighted by Crippen LogP contribution is 2.34. The summed E-state index contributed by atoms with van der Waals surface area (Å²) in [5.74, 6) is 1.67. The second-order valence-electron chi connectivity index (χ2n) is 5.23. The fraction of sp³-hybridized carbons (Fsp3) is 0.429. The van der Waals surface area contributed by atoms with Crippen LogP contribution in [-0.2, 0) is 13.0 Å². The molecule has 0 saturated heterocycles. The minimum Gasteiger partial charge on any atom is -0.397 e. The lowest BCUT2D eigenvalue weighted by atomic mass is 10.1. The summed E-state index contributed by atoms with van der Waals surface area (Å²) < 4.78 is 5.24. The van der Waals surface area contributed by atoms with Gasteiger partial charge in [-0.25, -0.2) is 0 Å². The third kappa shape index (κ3) is 2.16. The molecule has 0 bridgehead atoms. The second-order valence-corrected chi connectivity index (χ2v) is 5.23. The zero-order valence-corrected chi connectivity index (χ0v) is 11.3. The molecule has 100 valence electrons. The molecule has 1 aliphatic heterocycles. The lowest BCUT2D eigenvalue weighted by molar-refractivity contribution is 0.360. The monoisotopic (exact) mass is 258 g/mol. The van der Waals surface area contributed by atoms with Crippen molar-refractivity contribution in [2.24, 2.45) is 0 Å². The van der Waals surface area contributed by atoms with Crippen molar-refractivity contribution in [2.75, 3.05) is 17.2 Å². The van der Waals surface area contributed by atoms with E-state index in [9.17, 15) is 0 Å². The molecule has 0 amide bonds. The Bertz CT molecular complexity index is 591. The summed E-state index contributed by atoms with van der Waals surface area (Å²) in [6.45, 7) is 5.69. The topological polar surface area (TPSA) is 68.2 Å². The van der Waals surface area contributed by atoms with Gasteiger partial charge in [0.25, 0.3) is 0 Å². The molecular formula is C14H18N4O. The molecule has 1 aromatic heterocycles. The van der Waals surface area contributed by atoms with Gasteiger partial charge < -0.3 is 15.2 Å². The number of hydrogen-bond acceptors (Lipinski definition) is 5. The quantitative estimate of drug-likeness (QED) is 0.856. The molecular weight excluding hydrogens is 240 g/mol. The molecule has 5 nitrogen and oxygen atoms in total. The zero-order chi connectivity index (χ0) is 13.4. The molecule has 2 heterocycles. The van der Waals surface area contributed by atoms with E-state index in [-0.39, 0.29) is 5.92 Å². The van der Waals surface area contributed by atoms with Crippen LogP contribution in [0.25, 0.3) is 0 Å². The van der Waals surface area contributed by atoms with E-state index in [1.807, 2.05) is 26.0 Å². The van der Waals surface area contributed by atoms with Crippen molar-refractivity contribution in [3.8, 4) is 0 Å². The molecule has 0 spiro atoms. The molecule has 3 rings (SSSR count). The van der Waals surface area contributed by atoms with Crippen LogP contribution in [-0.4, -0.2) is 16.7 Å². The molecule has 2 aromatic rings. The molecule has 0 unspecified atom stereocenters. The van der Waals surface area contributed by atoms with Gasteiger partial charge in [0.15, 0.2) is 5.82 Å². The first-order chi connectivity index (χ1) is 9.15. The van der Waals surface area contributed by atoms with Gasteiger partial charge in [-0.15, -0.1) is 0 Å². The van der Waals surface area contributed by atoms with Crippen molar-refractivity contribution in [3.05, 3.63) is 35.5 Å². The molecule has 0 aliphatic carbocycles. The third-order valence-electron chi connectivity index (χ3n) is 3.43. The number of nitrogen functional groups attached to an aromatic ring is 1. The molecule has 1 aromatic carbocycles. The molecule has 0 fully saturated rings. The van der Waals surface area contributed by atoms with Gasteiger partial charge >= 0.3 is 0 Å². The average Bonchev–Trinajstić information content (AvgIpc) is 2.98. The Morgan fingerprint density at radius 1 is 1.42 bits per heavy atom. The summed E-state index contributed by atoms with van der Waals surface area (Å²) in [7, 11) is 0. The average molecular weight is 258 g/mol. The molecule has 2 N–H and O–H groups in total. The maximum atomic E-state index is 6.06. The number of aromatic nitrogens is 2. The predicted octanol–water partition coefficient (Wildman–Crippen LogP) is 2.34. The maximum Gasteiger partial charge on any atom is 0.229 e. The van der Waals surface area contributed by atoms with Crippen LogP contribution in [0.4, 0.5) is 11.4 Å². The Morgan fingerprint density at radius 3 is 3.00 bits per heavy atom. The van der Waals surface area contributed by atoms with Gasteiger partial charge in [0.05, 0.1) is 17.9 Å². The zero-order valence-electron chi connectivity index (χ0n) is 11.3. The van der Waals surface area contributed by atoms with Crippen molar-refractivity contribution in [1.29, 1.82) is 0 Å². The van der Waals surface area contributed by atoms with E-state index in [0.717, 1.165) is 30.2 Å². The van der Waals surface area contributed by atoms with Gasteiger partial charge in [0.1, 0.15) is 0 Å². The maximum absolute atomic E-state index is 6.06. The fourth-order valence-corrected chi connectivity index (χ4v) is 2.46. The first kappa shape index (κ1) is 12.0. The number of nitrogens with zero attached hydrogens (tertiary/aromatic N) is 3. The Morgan fingerprint density at radius 2 is 2.26 bits per heavy atom. The van der Waals surface area contributed by atoms with E-state index in [1.54, 1.807) is 0 Å². The van der Waals surface area contributed by atoms with Crippen LogP contribution in [0.5, 0.6) is 0 Å². The molecule has 5 heteroatoms. The number of hydrogen-bond donors (Lipinski definition) is 1. The highest BCUT2D eigenvalue weighted by molar-refractivity contribution is 5.74. The normalized spacial score (nSPS) is 14.2. The molecule has 0 saturated carbocycles. The van der Waals surface area contributed by atoms with E-state index in [4.69, 9.17) is 10.3 Å². The van der Waals surface area contributed by atoms with Gasteiger partial charge in [-0.05, 0) is 18.1 Å². The molecule has 19 heavy (non-hydrogen) atoms. The van der Waals surface area contributed by atoms with Crippen LogP contribution >= 0.6 is 0 Å². The van der Waals surface area contributed by atoms with Gasteiger partial charge in [0.2, 0.25) is 5.89 Å². The van der Waals surface area contributed by atoms with Crippen molar-refractivity contribution >= 4 is 11.4 Å². The highest BCUT2D eigenvalue weighted by atomic mass is 16.5. The third-order valence-corrected chi connectivity index (χ3v) is 3.43. The van der Waals surface area contributed by atoms with Gasteiger partial charge in [-0.2, -0.15) is 4.98 Å². The van der Waals surface area contributed by atoms with Crippen LogP contribution in [0.1, 0.15) is 37.0 Å². The molecule has 0 atom stereocenters. The SMILES string of the molecule is CC(C)c1nc(CN2CCc3cccc(N)c32)no1. The Balaban J connectivity index is 1.82. The van der Waals surface area contributed by atoms with E-state index < -0.39 is 0 Å². The highest BCUT2D eigenvalue weighted by Gasteiger charge is 2.23. The van der Waals surface area contributed by atoms with Gasteiger partial charge in [0, 0.05) is 12.5 Å². The first-order valence-corrected chi connectivity index (χ1v) is 6.60. The minimum absolute atomic E-state index is 0.261. The predicted molar refractivity (Wildman–Crippen MR) is 74.0 cm³/mol. The van der Waals surface area contributed by atoms with Crippen LogP contribution in [0.15, 0.2) is 22.7 Å². The largest absolute Gasteiger partial charge is 0.397 e. The van der Waals surface area contributed by atoms with Crippen LogP contribution < -0.4 is 10.6 Å². The number of anilines is 2. The number of nitrogens with two attached hydrogens (primary N) is 1. The first-order valence-electron chi connectivity index (χ1n) is 6.60. The fourth-order valence-electron chi connectivity index (χ4n) is 2.46. The van der Waals surface area contributed by atoms with Crippen molar-refractivity contribution < 1.29 is 4.52 Å². The number of fused-ring (bicyclic) bond motifs is 1. The van der Waals surface area contributed by atoms with Crippen molar-refractivity contribution in [3.63, 3.8) is 0 Å². The lowest BCUT2D eigenvalue weighted by Crippen LogP contribution is -2.21. The lowest BCUT2D eigenvalue weighted by Gasteiger charge is -2.18. The van der Waals surface area contributed by atoms with E-state index in [0.29, 0.717) is 12.4 Å². The summed E-state index contributed by atoms with van der Waals surface area (Å²) in [5.41, 5.74) is 9.31. The number of rotatable bonds is 3. The standard InChI is InChI=1S/C14H18N4O/c1-9(2)14-16-12(17-19-14)8-18-7-6-10-4-3-5-11(15)13(10)18/h3-5,9H,6-8,15H2,1-2H3. The molecule has 0 radical (unpaired) electrons. The number of benzene rings is 1. The van der Waals surface area contributed by atoms with Crippen LogP contribution in [0, 0.1) is 0 Å². The van der Waals surface area contributed by atoms with Crippen LogP contribution in [0.2, 0.25) is 0 Å². The summed E-state index contributed by atoms with van der Waals surface area (Å²) in [6, 6.07) is 6.07. The van der Waals surface area contributed by atoms with E-state index >= 15 is 0 Å². The van der Waals surface area contributed by atoms with Crippen LogP contribution in [0.3, 0.4) is 0 Å². The van der Waals surface area contributed by atoms with Crippen molar-refractivity contribution in [2.45, 2.75) is 32.7 Å². The van der Waals surface area contributed by atoms with Gasteiger partial charge in [-0.1, -0.05) is 31.1 Å². The van der Waals surface area contributed by atoms with Gasteiger partial charge in [-0.3, -0.25) is 0 Å². The smallest absolute Gasteiger partial charge is 0.229 e.